The zero-order chi connectivity index (χ0) is 31.2. The molecule has 8 nitrogen and oxygen atoms in total. The number of pyridine rings is 1. The predicted octanol–water partition coefficient (Wildman–Crippen LogP) is 6.53. The van der Waals surface area contributed by atoms with Gasteiger partial charge in [0.05, 0.1) is 12.2 Å². The Morgan fingerprint density at radius 3 is 2.19 bits per heavy atom. The molecule has 43 heavy (non-hydrogen) atoms. The topological polar surface area (TPSA) is 87.1 Å². The Hall–Kier alpha value is -3.62. The SMILES string of the molecule is CCOc1cc(C(C)(C)C)ncc1C1=NC(C)(c2ccc(Cl)cc2)C(C)(c2ccc(Cl)cc2)N1C(=O)N1CCNC(=O)C1. The number of amides is 3. The highest BCUT2D eigenvalue weighted by molar-refractivity contribution is 6.30. The highest BCUT2D eigenvalue weighted by Gasteiger charge is 2.60. The maximum absolute atomic E-state index is 14.7. The van der Waals surface area contributed by atoms with Crippen molar-refractivity contribution in [3.8, 4) is 5.75 Å². The van der Waals surface area contributed by atoms with Crippen molar-refractivity contribution in [2.45, 2.75) is 58.0 Å². The summed E-state index contributed by atoms with van der Waals surface area (Å²) in [5, 5.41) is 3.98. The third-order valence-electron chi connectivity index (χ3n) is 8.42. The van der Waals surface area contributed by atoms with Crippen molar-refractivity contribution in [1.82, 2.24) is 20.1 Å². The molecule has 10 heteroatoms. The van der Waals surface area contributed by atoms with Gasteiger partial charge in [-0.3, -0.25) is 19.7 Å². The van der Waals surface area contributed by atoms with Gasteiger partial charge >= 0.3 is 6.03 Å². The first-order valence-corrected chi connectivity index (χ1v) is 15.2. The van der Waals surface area contributed by atoms with Gasteiger partial charge in [-0.2, -0.15) is 0 Å². The standard InChI is InChI=1S/C33H37Cl2N5O3/c1-7-43-26-18-27(31(2,3)4)37-19-25(26)29-38-32(5,21-8-12-23(34)13-9-21)33(6,22-10-14-24(35)15-11-22)40(29)30(42)39-17-16-36-28(41)20-39/h8-15,18-19H,7,16-17,20H2,1-6H3,(H,36,41). The number of carbonyl (C=O) groups excluding carboxylic acids is 2. The summed E-state index contributed by atoms with van der Waals surface area (Å²) in [6, 6.07) is 16.6. The van der Waals surface area contributed by atoms with E-state index < -0.39 is 11.1 Å². The number of hydrogen-bond donors (Lipinski definition) is 1. The fraction of sp³-hybridized carbons (Fsp3) is 0.394. The molecule has 2 aliphatic heterocycles. The second-order valence-corrected chi connectivity index (χ2v) is 13.1. The van der Waals surface area contributed by atoms with Crippen LogP contribution in [-0.4, -0.2) is 58.8 Å². The second-order valence-electron chi connectivity index (χ2n) is 12.2. The normalized spacial score (nSPS) is 22.3. The van der Waals surface area contributed by atoms with Crippen LogP contribution in [-0.2, 0) is 21.3 Å². The quantitative estimate of drug-likeness (QED) is 0.351. The maximum atomic E-state index is 14.7. The summed E-state index contributed by atoms with van der Waals surface area (Å²) in [6.07, 6.45) is 1.74. The lowest BCUT2D eigenvalue weighted by Crippen LogP contribution is -2.61. The van der Waals surface area contributed by atoms with Crippen molar-refractivity contribution in [3.05, 3.63) is 93.2 Å². The molecular weight excluding hydrogens is 585 g/mol. The van der Waals surface area contributed by atoms with Gasteiger partial charge in [0.1, 0.15) is 29.2 Å². The number of halogens is 2. The van der Waals surface area contributed by atoms with Crippen molar-refractivity contribution in [2.24, 2.45) is 4.99 Å². The highest BCUT2D eigenvalue weighted by Crippen LogP contribution is 2.54. The van der Waals surface area contributed by atoms with Crippen LogP contribution in [0.2, 0.25) is 10.0 Å². The first-order valence-electron chi connectivity index (χ1n) is 14.4. The van der Waals surface area contributed by atoms with Crippen molar-refractivity contribution < 1.29 is 14.3 Å². The molecule has 3 amide bonds. The molecule has 1 saturated heterocycles. The molecule has 3 aromatic rings. The van der Waals surface area contributed by atoms with Gasteiger partial charge in [0.25, 0.3) is 0 Å². The second kappa shape index (κ2) is 11.5. The molecule has 226 valence electrons. The van der Waals surface area contributed by atoms with E-state index in [4.69, 9.17) is 37.9 Å². The van der Waals surface area contributed by atoms with Crippen molar-refractivity contribution in [1.29, 1.82) is 0 Å². The molecule has 0 aliphatic carbocycles. The molecule has 2 atom stereocenters. The van der Waals surface area contributed by atoms with Crippen LogP contribution in [0.25, 0.3) is 0 Å². The van der Waals surface area contributed by atoms with E-state index in [1.54, 1.807) is 16.0 Å². The number of hydrogen-bond acceptors (Lipinski definition) is 5. The van der Waals surface area contributed by atoms with E-state index in [-0.39, 0.29) is 23.9 Å². The monoisotopic (exact) mass is 621 g/mol. The van der Waals surface area contributed by atoms with E-state index in [0.29, 0.717) is 46.9 Å². The third kappa shape index (κ3) is 5.47. The summed E-state index contributed by atoms with van der Waals surface area (Å²) in [6.45, 7) is 13.3. The summed E-state index contributed by atoms with van der Waals surface area (Å²) >= 11 is 12.6. The van der Waals surface area contributed by atoms with Crippen molar-refractivity contribution >= 4 is 41.0 Å². The Labute approximate surface area is 263 Å². The number of urea groups is 1. The minimum atomic E-state index is -1.07. The number of rotatable bonds is 5. The first kappa shape index (κ1) is 30.8. The van der Waals surface area contributed by atoms with E-state index >= 15 is 0 Å². The number of aromatic nitrogens is 1. The average Bonchev–Trinajstić information content (AvgIpc) is 3.21. The van der Waals surface area contributed by atoms with E-state index in [0.717, 1.165) is 16.8 Å². The van der Waals surface area contributed by atoms with Gasteiger partial charge < -0.3 is 15.0 Å². The van der Waals surface area contributed by atoms with Gasteiger partial charge in [-0.25, -0.2) is 4.79 Å². The maximum Gasteiger partial charge on any atom is 0.327 e. The highest BCUT2D eigenvalue weighted by atomic mass is 35.5. The van der Waals surface area contributed by atoms with Gasteiger partial charge in [-0.1, -0.05) is 68.2 Å². The number of piperazine rings is 1. The van der Waals surface area contributed by atoms with Crippen LogP contribution in [0.1, 0.15) is 63.9 Å². The number of carbonyl (C=O) groups is 2. The number of amidine groups is 1. The molecule has 0 bridgehead atoms. The third-order valence-corrected chi connectivity index (χ3v) is 8.93. The lowest BCUT2D eigenvalue weighted by molar-refractivity contribution is -0.123. The van der Waals surface area contributed by atoms with Crippen LogP contribution in [0.4, 0.5) is 4.79 Å². The van der Waals surface area contributed by atoms with Crippen LogP contribution in [0, 0.1) is 0 Å². The zero-order valence-electron chi connectivity index (χ0n) is 25.4. The van der Waals surface area contributed by atoms with E-state index in [9.17, 15) is 9.59 Å². The molecule has 1 aromatic heterocycles. The average molecular weight is 623 g/mol. The molecule has 2 aliphatic rings. The fourth-order valence-corrected chi connectivity index (χ4v) is 6.05. The van der Waals surface area contributed by atoms with E-state index in [1.807, 2.05) is 75.4 Å². The largest absolute Gasteiger partial charge is 0.493 e. The van der Waals surface area contributed by atoms with Gasteiger partial charge in [0, 0.05) is 46.5 Å². The molecule has 0 spiro atoms. The van der Waals surface area contributed by atoms with Gasteiger partial charge in [-0.15, -0.1) is 0 Å². The Bertz CT molecular complexity index is 1570. The zero-order valence-corrected chi connectivity index (χ0v) is 26.9. The number of aliphatic imine (C=N–C) groups is 1. The first-order chi connectivity index (χ1) is 20.3. The minimum absolute atomic E-state index is 0.0590. The molecule has 0 saturated carbocycles. The fourth-order valence-electron chi connectivity index (χ4n) is 5.80. The number of nitrogens with zero attached hydrogens (tertiary/aromatic N) is 4. The molecule has 0 radical (unpaired) electrons. The molecule has 1 N–H and O–H groups in total. The van der Waals surface area contributed by atoms with Crippen LogP contribution in [0.3, 0.4) is 0 Å². The summed E-state index contributed by atoms with van der Waals surface area (Å²) in [5.74, 6) is 0.772. The lowest BCUT2D eigenvalue weighted by Gasteiger charge is -2.46. The molecule has 5 rings (SSSR count). The summed E-state index contributed by atoms with van der Waals surface area (Å²) < 4.78 is 6.18. The van der Waals surface area contributed by atoms with Gasteiger partial charge in [0.2, 0.25) is 5.91 Å². The molecule has 2 aromatic carbocycles. The number of benzene rings is 2. The van der Waals surface area contributed by atoms with Crippen LogP contribution < -0.4 is 10.1 Å². The van der Waals surface area contributed by atoms with E-state index in [1.165, 1.54) is 0 Å². The van der Waals surface area contributed by atoms with Gasteiger partial charge in [0.15, 0.2) is 0 Å². The minimum Gasteiger partial charge on any atom is -0.493 e. The van der Waals surface area contributed by atoms with Crippen LogP contribution >= 0.6 is 23.2 Å². The van der Waals surface area contributed by atoms with Gasteiger partial charge in [-0.05, 0) is 56.2 Å². The molecule has 3 heterocycles. The Balaban J connectivity index is 1.81. The smallest absolute Gasteiger partial charge is 0.327 e. The summed E-state index contributed by atoms with van der Waals surface area (Å²) in [4.78, 5) is 40.7. The molecule has 2 unspecified atom stereocenters. The molecular formula is C33H37Cl2N5O3. The van der Waals surface area contributed by atoms with Crippen LogP contribution in [0.5, 0.6) is 5.75 Å². The van der Waals surface area contributed by atoms with Crippen LogP contribution in [0.15, 0.2) is 65.8 Å². The Kier molecular flexibility index (Phi) is 8.22. The molecule has 1 fully saturated rings. The van der Waals surface area contributed by atoms with Crippen molar-refractivity contribution in [2.75, 3.05) is 26.2 Å². The summed E-state index contributed by atoms with van der Waals surface area (Å²) in [5.41, 5.74) is 0.815. The number of ether oxygens (including phenoxy) is 1. The number of nitrogens with one attached hydrogen (secondary N) is 1. The van der Waals surface area contributed by atoms with Crippen molar-refractivity contribution in [3.63, 3.8) is 0 Å². The predicted molar refractivity (Wildman–Crippen MR) is 170 cm³/mol. The Morgan fingerprint density at radius 2 is 1.63 bits per heavy atom. The lowest BCUT2D eigenvalue weighted by atomic mass is 9.71. The summed E-state index contributed by atoms with van der Waals surface area (Å²) in [7, 11) is 0. The Morgan fingerprint density at radius 1 is 1.02 bits per heavy atom. The van der Waals surface area contributed by atoms with E-state index in [2.05, 4.69) is 26.1 Å².